The fourth-order valence-electron chi connectivity index (χ4n) is 2.50. The molecule has 1 amide bonds. The molecule has 0 radical (unpaired) electrons. The molecule has 0 aromatic carbocycles. The summed E-state index contributed by atoms with van der Waals surface area (Å²) in [6.45, 7) is 3.77. The highest BCUT2D eigenvalue weighted by molar-refractivity contribution is 6.01. The number of hydrogen-bond donors (Lipinski definition) is 2. The molecule has 1 aliphatic carbocycles. The van der Waals surface area contributed by atoms with E-state index in [1.54, 1.807) is 6.92 Å². The van der Waals surface area contributed by atoms with Gasteiger partial charge in [-0.1, -0.05) is 58.3 Å². The van der Waals surface area contributed by atoms with Gasteiger partial charge in [0.1, 0.15) is 5.41 Å². The molecule has 1 aliphatic rings. The standard InChI is InChI=1S/C17H31NO3/c1-3-4-5-6-7-8-9-10-13-17(2,16(20)21)15(19)18-14-11-12-14/h14H,3-13H2,1-2H3,(H,18,19)(H,20,21). The first-order chi connectivity index (χ1) is 10.0. The van der Waals surface area contributed by atoms with E-state index < -0.39 is 11.4 Å². The van der Waals surface area contributed by atoms with Crippen molar-refractivity contribution in [1.29, 1.82) is 0 Å². The minimum Gasteiger partial charge on any atom is -0.480 e. The molecule has 4 heteroatoms. The van der Waals surface area contributed by atoms with Gasteiger partial charge in [0.25, 0.3) is 0 Å². The molecule has 0 heterocycles. The number of rotatable bonds is 12. The van der Waals surface area contributed by atoms with Crippen LogP contribution in [0.4, 0.5) is 0 Å². The summed E-state index contributed by atoms with van der Waals surface area (Å²) in [6.07, 6.45) is 11.7. The number of aliphatic carboxylic acids is 1. The zero-order valence-corrected chi connectivity index (χ0v) is 13.6. The average Bonchev–Trinajstić information content (AvgIpc) is 3.25. The molecule has 1 saturated carbocycles. The van der Waals surface area contributed by atoms with E-state index in [1.807, 2.05) is 0 Å². The Morgan fingerprint density at radius 3 is 2.05 bits per heavy atom. The van der Waals surface area contributed by atoms with Crippen LogP contribution in [0.3, 0.4) is 0 Å². The van der Waals surface area contributed by atoms with Crippen LogP contribution in [0.2, 0.25) is 0 Å². The Hall–Kier alpha value is -1.06. The van der Waals surface area contributed by atoms with Gasteiger partial charge in [-0.3, -0.25) is 9.59 Å². The second-order valence-corrected chi connectivity index (χ2v) is 6.61. The van der Waals surface area contributed by atoms with Gasteiger partial charge in [0.05, 0.1) is 0 Å². The van der Waals surface area contributed by atoms with Crippen LogP contribution in [0.5, 0.6) is 0 Å². The van der Waals surface area contributed by atoms with Crippen molar-refractivity contribution in [2.45, 2.75) is 90.5 Å². The SMILES string of the molecule is CCCCCCCCCCC(C)(C(=O)O)C(=O)NC1CC1. The van der Waals surface area contributed by atoms with Gasteiger partial charge in [0, 0.05) is 6.04 Å². The molecule has 1 atom stereocenters. The Morgan fingerprint density at radius 1 is 1.05 bits per heavy atom. The molecule has 2 N–H and O–H groups in total. The third kappa shape index (κ3) is 6.49. The Morgan fingerprint density at radius 2 is 1.57 bits per heavy atom. The van der Waals surface area contributed by atoms with E-state index in [0.717, 1.165) is 32.1 Å². The molecule has 0 aliphatic heterocycles. The van der Waals surface area contributed by atoms with Crippen LogP contribution in [0.25, 0.3) is 0 Å². The Labute approximate surface area is 128 Å². The summed E-state index contributed by atoms with van der Waals surface area (Å²) in [5.74, 6) is -1.30. The predicted octanol–water partition coefficient (Wildman–Crippen LogP) is 3.89. The van der Waals surface area contributed by atoms with Crippen LogP contribution in [-0.4, -0.2) is 23.0 Å². The molecule has 1 unspecified atom stereocenters. The topological polar surface area (TPSA) is 66.4 Å². The normalized spacial score (nSPS) is 17.2. The van der Waals surface area contributed by atoms with Gasteiger partial charge >= 0.3 is 5.97 Å². The van der Waals surface area contributed by atoms with Crippen molar-refractivity contribution in [3.63, 3.8) is 0 Å². The van der Waals surface area contributed by atoms with Crippen LogP contribution in [0.15, 0.2) is 0 Å². The lowest BCUT2D eigenvalue weighted by Gasteiger charge is -2.23. The number of hydrogen-bond acceptors (Lipinski definition) is 2. The van der Waals surface area contributed by atoms with Crippen molar-refractivity contribution >= 4 is 11.9 Å². The second-order valence-electron chi connectivity index (χ2n) is 6.61. The van der Waals surface area contributed by atoms with Crippen molar-refractivity contribution in [3.05, 3.63) is 0 Å². The van der Waals surface area contributed by atoms with Crippen LogP contribution in [0, 0.1) is 5.41 Å². The quantitative estimate of drug-likeness (QED) is 0.424. The summed E-state index contributed by atoms with van der Waals surface area (Å²) in [6, 6.07) is 0.217. The highest BCUT2D eigenvalue weighted by Crippen LogP contribution is 2.28. The molecule has 4 nitrogen and oxygen atoms in total. The lowest BCUT2D eigenvalue weighted by molar-refractivity contribution is -0.155. The predicted molar refractivity (Wildman–Crippen MR) is 84.1 cm³/mol. The first-order valence-corrected chi connectivity index (χ1v) is 8.55. The average molecular weight is 297 g/mol. The van der Waals surface area contributed by atoms with E-state index in [9.17, 15) is 14.7 Å². The Balaban J connectivity index is 2.21. The van der Waals surface area contributed by atoms with Gasteiger partial charge in [-0.05, 0) is 26.2 Å². The lowest BCUT2D eigenvalue weighted by Crippen LogP contribution is -2.45. The minimum atomic E-state index is -1.26. The molecular weight excluding hydrogens is 266 g/mol. The highest BCUT2D eigenvalue weighted by Gasteiger charge is 2.42. The monoisotopic (exact) mass is 297 g/mol. The molecule has 0 saturated heterocycles. The third-order valence-electron chi connectivity index (χ3n) is 4.42. The van der Waals surface area contributed by atoms with E-state index in [1.165, 1.54) is 32.1 Å². The fourth-order valence-corrected chi connectivity index (χ4v) is 2.50. The minimum absolute atomic E-state index is 0.217. The molecule has 21 heavy (non-hydrogen) atoms. The number of carbonyl (C=O) groups is 2. The molecule has 0 spiro atoms. The van der Waals surface area contributed by atoms with Gasteiger partial charge in [-0.25, -0.2) is 0 Å². The van der Waals surface area contributed by atoms with Gasteiger partial charge in [0.15, 0.2) is 0 Å². The van der Waals surface area contributed by atoms with E-state index in [-0.39, 0.29) is 11.9 Å². The molecular formula is C17H31NO3. The third-order valence-corrected chi connectivity index (χ3v) is 4.42. The molecule has 122 valence electrons. The first kappa shape index (κ1) is 18.0. The number of carboxylic acid groups (broad SMARTS) is 1. The number of amides is 1. The summed E-state index contributed by atoms with van der Waals surface area (Å²) < 4.78 is 0. The van der Waals surface area contributed by atoms with Crippen LogP contribution >= 0.6 is 0 Å². The summed E-state index contributed by atoms with van der Waals surface area (Å²) in [7, 11) is 0. The highest BCUT2D eigenvalue weighted by atomic mass is 16.4. The van der Waals surface area contributed by atoms with Gasteiger partial charge in [-0.2, -0.15) is 0 Å². The molecule has 0 bridgehead atoms. The van der Waals surface area contributed by atoms with Gasteiger partial charge < -0.3 is 10.4 Å². The molecule has 0 aromatic rings. The largest absolute Gasteiger partial charge is 0.480 e. The van der Waals surface area contributed by atoms with Crippen LogP contribution < -0.4 is 5.32 Å². The maximum Gasteiger partial charge on any atom is 0.318 e. The van der Waals surface area contributed by atoms with E-state index in [4.69, 9.17) is 0 Å². The maximum atomic E-state index is 12.1. The van der Waals surface area contributed by atoms with Crippen molar-refractivity contribution in [2.75, 3.05) is 0 Å². The van der Waals surface area contributed by atoms with E-state index >= 15 is 0 Å². The molecule has 1 rings (SSSR count). The Kier molecular flexibility index (Phi) is 7.76. The summed E-state index contributed by atoms with van der Waals surface area (Å²) in [5, 5.41) is 12.2. The van der Waals surface area contributed by atoms with Gasteiger partial charge in [0.2, 0.25) is 5.91 Å². The zero-order chi connectivity index (χ0) is 15.7. The first-order valence-electron chi connectivity index (χ1n) is 8.55. The summed E-state index contributed by atoms with van der Waals surface area (Å²) in [4.78, 5) is 23.5. The van der Waals surface area contributed by atoms with Crippen LogP contribution in [0.1, 0.15) is 84.5 Å². The van der Waals surface area contributed by atoms with Crippen molar-refractivity contribution < 1.29 is 14.7 Å². The van der Waals surface area contributed by atoms with Gasteiger partial charge in [-0.15, -0.1) is 0 Å². The van der Waals surface area contributed by atoms with Crippen LogP contribution in [-0.2, 0) is 9.59 Å². The summed E-state index contributed by atoms with van der Waals surface area (Å²) in [5.41, 5.74) is -1.26. The summed E-state index contributed by atoms with van der Waals surface area (Å²) >= 11 is 0. The van der Waals surface area contributed by atoms with Crippen molar-refractivity contribution in [2.24, 2.45) is 5.41 Å². The molecule has 0 aromatic heterocycles. The van der Waals surface area contributed by atoms with E-state index in [2.05, 4.69) is 12.2 Å². The number of carboxylic acids is 1. The lowest BCUT2D eigenvalue weighted by atomic mass is 9.83. The Bertz CT molecular complexity index is 339. The smallest absolute Gasteiger partial charge is 0.318 e. The number of carbonyl (C=O) groups excluding carboxylic acids is 1. The second kappa shape index (κ2) is 9.06. The number of unbranched alkanes of at least 4 members (excludes halogenated alkanes) is 7. The number of nitrogens with one attached hydrogen (secondary N) is 1. The fraction of sp³-hybridized carbons (Fsp3) is 0.882. The van der Waals surface area contributed by atoms with Crippen molar-refractivity contribution in [1.82, 2.24) is 5.32 Å². The van der Waals surface area contributed by atoms with E-state index in [0.29, 0.717) is 6.42 Å². The molecule has 1 fully saturated rings. The van der Waals surface area contributed by atoms with Crippen molar-refractivity contribution in [3.8, 4) is 0 Å². The maximum absolute atomic E-state index is 12.1. The zero-order valence-electron chi connectivity index (χ0n) is 13.6.